The minimum atomic E-state index is -0.455. The lowest BCUT2D eigenvalue weighted by Gasteiger charge is -2.64. The number of ether oxygens (including phenoxy) is 1. The molecule has 0 amide bonds. The molecule has 2 bridgehead atoms. The molecule has 192 valence electrons. The molecule has 8 atom stereocenters. The highest BCUT2D eigenvalue weighted by atomic mass is 32.1. The third kappa shape index (κ3) is 3.73. The molecular formula is C29H42N2O3S. The zero-order valence-corrected chi connectivity index (χ0v) is 22.5. The van der Waals surface area contributed by atoms with Gasteiger partial charge in [-0.05, 0) is 106 Å². The van der Waals surface area contributed by atoms with Gasteiger partial charge in [0.25, 0.3) is 0 Å². The Kier molecular flexibility index (Phi) is 6.23. The Morgan fingerprint density at radius 1 is 1.09 bits per heavy atom. The first-order chi connectivity index (χ1) is 16.6. The number of thiocarbonyl (C=S) groups is 1. The summed E-state index contributed by atoms with van der Waals surface area (Å²) >= 11 is 5.69. The van der Waals surface area contributed by atoms with E-state index in [4.69, 9.17) is 17.0 Å². The summed E-state index contributed by atoms with van der Waals surface area (Å²) in [5, 5.41) is 19.4. The van der Waals surface area contributed by atoms with E-state index in [2.05, 4.69) is 31.4 Å². The summed E-state index contributed by atoms with van der Waals surface area (Å²) in [6.07, 6.45) is 7.80. The zero-order chi connectivity index (χ0) is 25.1. The first kappa shape index (κ1) is 25.0. The summed E-state index contributed by atoms with van der Waals surface area (Å²) in [6.45, 7) is 9.26. The number of hydrogen-bond acceptors (Lipinski definition) is 4. The van der Waals surface area contributed by atoms with E-state index < -0.39 is 11.5 Å². The van der Waals surface area contributed by atoms with Gasteiger partial charge in [0.05, 0.1) is 24.2 Å². The predicted octanol–water partition coefficient (Wildman–Crippen LogP) is 5.68. The van der Waals surface area contributed by atoms with Crippen LogP contribution in [0.4, 0.5) is 5.69 Å². The van der Waals surface area contributed by atoms with Crippen LogP contribution < -0.4 is 10.6 Å². The van der Waals surface area contributed by atoms with E-state index in [9.17, 15) is 9.90 Å². The second kappa shape index (κ2) is 8.72. The molecule has 6 heteroatoms. The van der Waals surface area contributed by atoms with E-state index in [0.29, 0.717) is 23.6 Å². The molecule has 0 unspecified atom stereocenters. The van der Waals surface area contributed by atoms with Crippen LogP contribution in [0.15, 0.2) is 30.3 Å². The number of fused-ring (bicyclic) bond motifs is 3. The van der Waals surface area contributed by atoms with Gasteiger partial charge in [-0.25, -0.2) is 0 Å². The molecule has 5 nitrogen and oxygen atoms in total. The summed E-state index contributed by atoms with van der Waals surface area (Å²) in [5.41, 5.74) is 0.451. The van der Waals surface area contributed by atoms with Crippen LogP contribution in [0.2, 0.25) is 0 Å². The molecule has 0 heterocycles. The lowest BCUT2D eigenvalue weighted by atomic mass is 9.40. The molecule has 0 aromatic heterocycles. The average molecular weight is 499 g/mol. The Labute approximate surface area is 215 Å². The number of benzene rings is 1. The van der Waals surface area contributed by atoms with Crippen LogP contribution in [0.3, 0.4) is 0 Å². The maximum absolute atomic E-state index is 13.2. The third-order valence-corrected chi connectivity index (χ3v) is 11.0. The molecule has 3 N–H and O–H groups in total. The number of aliphatic hydroxyl groups excluding tert-OH is 1. The number of hydrogen-bond donors (Lipinski definition) is 3. The molecular weight excluding hydrogens is 456 g/mol. The number of carbonyl (C=O) groups is 1. The van der Waals surface area contributed by atoms with Crippen LogP contribution in [-0.4, -0.2) is 34.9 Å². The Hall–Kier alpha value is -1.66. The van der Waals surface area contributed by atoms with E-state index >= 15 is 0 Å². The van der Waals surface area contributed by atoms with E-state index in [1.165, 1.54) is 0 Å². The highest BCUT2D eigenvalue weighted by molar-refractivity contribution is 7.80. The fourth-order valence-electron chi connectivity index (χ4n) is 9.43. The maximum Gasteiger partial charge on any atom is 0.312 e. The van der Waals surface area contributed by atoms with Crippen molar-refractivity contribution in [1.82, 2.24) is 5.32 Å². The van der Waals surface area contributed by atoms with Gasteiger partial charge in [0.1, 0.15) is 0 Å². The van der Waals surface area contributed by atoms with E-state index in [1.54, 1.807) is 0 Å². The number of rotatable bonds is 4. The van der Waals surface area contributed by atoms with Crippen LogP contribution in [0, 0.1) is 33.5 Å². The van der Waals surface area contributed by atoms with Crippen LogP contribution in [0.25, 0.3) is 0 Å². The fourth-order valence-corrected chi connectivity index (χ4v) is 9.67. The molecule has 4 aliphatic rings. The van der Waals surface area contributed by atoms with Gasteiger partial charge < -0.3 is 20.5 Å². The Bertz CT molecular complexity index is 987. The zero-order valence-electron chi connectivity index (χ0n) is 21.7. The molecule has 0 saturated heterocycles. The standard InChI is InChI=1S/C29H42N2O3S/c1-5-34-24(33)28(4)15-9-14-27(3)20(28)13-17-29-18-26(2,16-12-21(27)29)22(23(29)32)31-25(35)30-19-10-7-6-8-11-19/h6-8,10-11,20-23,32H,5,9,12-18H2,1-4H3,(H2,30,31,35)/t20-,21-,22+,23-,26-,27+,28+,29-/m0/s1. The third-order valence-electron chi connectivity index (χ3n) is 10.8. The van der Waals surface area contributed by atoms with Crippen LogP contribution in [-0.2, 0) is 9.53 Å². The molecule has 35 heavy (non-hydrogen) atoms. The summed E-state index contributed by atoms with van der Waals surface area (Å²) in [6, 6.07) is 9.89. The topological polar surface area (TPSA) is 70.6 Å². The average Bonchev–Trinajstić information content (AvgIpc) is 2.96. The Morgan fingerprint density at radius 3 is 2.51 bits per heavy atom. The number of aliphatic hydroxyl groups is 1. The SMILES string of the molecule is CCOC(=O)[C@]1(C)CCC[C@@]2(C)[C@@H]3CC[C@@]4(C)C[C@]3(CC[C@@H]21)[C@@H](O)[C@H]4NC(=S)Nc1ccccc1. The van der Waals surface area contributed by atoms with Crippen molar-refractivity contribution in [2.24, 2.45) is 33.5 Å². The van der Waals surface area contributed by atoms with E-state index in [0.717, 1.165) is 57.1 Å². The normalized spacial score (nSPS) is 44.0. The van der Waals surface area contributed by atoms with Gasteiger partial charge in [0.15, 0.2) is 5.11 Å². The Morgan fingerprint density at radius 2 is 1.80 bits per heavy atom. The molecule has 1 aromatic carbocycles. The summed E-state index contributed by atoms with van der Waals surface area (Å²) < 4.78 is 5.60. The second-order valence-corrected chi connectivity index (χ2v) is 13.0. The molecule has 5 rings (SSSR count). The highest BCUT2D eigenvalue weighted by Gasteiger charge is 2.71. The predicted molar refractivity (Wildman–Crippen MR) is 143 cm³/mol. The van der Waals surface area contributed by atoms with Gasteiger partial charge in [-0.15, -0.1) is 0 Å². The quantitative estimate of drug-likeness (QED) is 0.367. The molecule has 4 fully saturated rings. The first-order valence-electron chi connectivity index (χ1n) is 13.6. The van der Waals surface area contributed by atoms with Crippen molar-refractivity contribution < 1.29 is 14.6 Å². The highest BCUT2D eigenvalue weighted by Crippen LogP contribution is 2.73. The molecule has 1 aromatic rings. The van der Waals surface area contributed by atoms with Crippen molar-refractivity contribution in [3.8, 4) is 0 Å². The molecule has 4 aliphatic carbocycles. The Balaban J connectivity index is 1.41. The van der Waals surface area contributed by atoms with Gasteiger partial charge in [0.2, 0.25) is 0 Å². The van der Waals surface area contributed by atoms with Crippen LogP contribution in [0.5, 0.6) is 0 Å². The molecule has 1 spiro atoms. The van der Waals surface area contributed by atoms with Gasteiger partial charge in [-0.3, -0.25) is 4.79 Å². The first-order valence-corrected chi connectivity index (χ1v) is 14.0. The van der Waals surface area contributed by atoms with Crippen LogP contribution in [0.1, 0.15) is 79.1 Å². The monoisotopic (exact) mass is 498 g/mol. The largest absolute Gasteiger partial charge is 0.466 e. The lowest BCUT2D eigenvalue weighted by molar-refractivity contribution is -0.196. The number of carbonyl (C=O) groups excluding carboxylic acids is 1. The van der Waals surface area contributed by atoms with Crippen LogP contribution >= 0.6 is 12.2 Å². The smallest absolute Gasteiger partial charge is 0.312 e. The number of esters is 1. The number of anilines is 1. The van der Waals surface area contributed by atoms with Gasteiger partial charge in [-0.2, -0.15) is 0 Å². The van der Waals surface area contributed by atoms with Gasteiger partial charge >= 0.3 is 5.97 Å². The maximum atomic E-state index is 13.2. The second-order valence-electron chi connectivity index (χ2n) is 12.6. The van der Waals surface area contributed by atoms with Crippen molar-refractivity contribution in [2.45, 2.75) is 91.2 Å². The van der Waals surface area contributed by atoms with Gasteiger partial charge in [-0.1, -0.05) is 38.5 Å². The number of nitrogens with one attached hydrogen (secondary N) is 2. The van der Waals surface area contributed by atoms with Crippen molar-refractivity contribution >= 4 is 29.0 Å². The van der Waals surface area contributed by atoms with E-state index in [-0.39, 0.29) is 28.3 Å². The summed E-state index contributed by atoms with van der Waals surface area (Å²) in [5.74, 6) is 0.701. The molecule has 0 radical (unpaired) electrons. The summed E-state index contributed by atoms with van der Waals surface area (Å²) in [7, 11) is 0. The van der Waals surface area contributed by atoms with E-state index in [1.807, 2.05) is 37.3 Å². The van der Waals surface area contributed by atoms with Crippen molar-refractivity contribution in [2.75, 3.05) is 11.9 Å². The minimum Gasteiger partial charge on any atom is -0.466 e. The summed E-state index contributed by atoms with van der Waals surface area (Å²) in [4.78, 5) is 13.2. The van der Waals surface area contributed by atoms with Crippen molar-refractivity contribution in [3.05, 3.63) is 30.3 Å². The number of para-hydroxylation sites is 1. The van der Waals surface area contributed by atoms with Crippen molar-refractivity contribution in [3.63, 3.8) is 0 Å². The minimum absolute atomic E-state index is 0.000647. The fraction of sp³-hybridized carbons (Fsp3) is 0.724. The molecule has 4 saturated carbocycles. The van der Waals surface area contributed by atoms with Crippen molar-refractivity contribution in [1.29, 1.82) is 0 Å². The molecule has 0 aliphatic heterocycles. The lowest BCUT2D eigenvalue weighted by Crippen LogP contribution is -2.61. The van der Waals surface area contributed by atoms with Gasteiger partial charge in [0, 0.05) is 11.1 Å².